The van der Waals surface area contributed by atoms with Crippen molar-refractivity contribution in [1.29, 1.82) is 0 Å². The quantitative estimate of drug-likeness (QED) is 0.779. The second-order valence-electron chi connectivity index (χ2n) is 5.81. The lowest BCUT2D eigenvalue weighted by Gasteiger charge is -2.23. The zero-order valence-corrected chi connectivity index (χ0v) is 13.4. The molecule has 0 saturated heterocycles. The minimum atomic E-state index is -4.59. The fraction of sp³-hybridized carbons (Fsp3) is 0.562. The molecule has 2 amide bonds. The molecular formula is C16H21F3N2O3. The second-order valence-corrected chi connectivity index (χ2v) is 5.81. The van der Waals surface area contributed by atoms with Crippen molar-refractivity contribution in [2.24, 2.45) is 0 Å². The van der Waals surface area contributed by atoms with E-state index < -0.39 is 24.4 Å². The Labute approximate surface area is 138 Å². The second kappa shape index (κ2) is 7.74. The third-order valence-electron chi connectivity index (χ3n) is 4.06. The van der Waals surface area contributed by atoms with Crippen molar-refractivity contribution < 1.29 is 27.8 Å². The minimum Gasteiger partial charge on any atom is -0.494 e. The van der Waals surface area contributed by atoms with Crippen LogP contribution in [0.3, 0.4) is 0 Å². The lowest BCUT2D eigenvalue weighted by Crippen LogP contribution is -2.39. The van der Waals surface area contributed by atoms with Crippen LogP contribution in [0.1, 0.15) is 43.2 Å². The van der Waals surface area contributed by atoms with Crippen molar-refractivity contribution in [2.75, 3.05) is 12.4 Å². The highest BCUT2D eigenvalue weighted by molar-refractivity contribution is 5.91. The van der Waals surface area contributed by atoms with E-state index in [1.807, 2.05) is 0 Å². The van der Waals surface area contributed by atoms with Crippen molar-refractivity contribution in [3.8, 4) is 5.75 Å². The standard InChI is InChI=1S/C16H21F3N2O3/c1-24-14-10(9-22)7-11(16(17,18)19)8-13(14)21-15(23)20-12-5-3-2-4-6-12/h7-8,12,22H,2-6,9H2,1H3,(H2,20,21,23). The molecule has 3 N–H and O–H groups in total. The molecule has 0 radical (unpaired) electrons. The van der Waals surface area contributed by atoms with Crippen LogP contribution < -0.4 is 15.4 Å². The molecule has 1 fully saturated rings. The molecule has 134 valence electrons. The Kier molecular flexibility index (Phi) is 5.93. The van der Waals surface area contributed by atoms with Gasteiger partial charge in [-0.25, -0.2) is 4.79 Å². The molecule has 0 atom stereocenters. The first-order valence-electron chi connectivity index (χ1n) is 7.81. The predicted molar refractivity (Wildman–Crippen MR) is 82.9 cm³/mol. The van der Waals surface area contributed by atoms with Crippen LogP contribution in [0.4, 0.5) is 23.7 Å². The summed E-state index contributed by atoms with van der Waals surface area (Å²) in [6.45, 7) is -0.633. The summed E-state index contributed by atoms with van der Waals surface area (Å²) in [5, 5.41) is 14.5. The minimum absolute atomic E-state index is 0.0179. The lowest BCUT2D eigenvalue weighted by molar-refractivity contribution is -0.137. The van der Waals surface area contributed by atoms with E-state index in [-0.39, 0.29) is 23.0 Å². The van der Waals surface area contributed by atoms with Gasteiger partial charge in [0.2, 0.25) is 0 Å². The summed E-state index contributed by atoms with van der Waals surface area (Å²) in [4.78, 5) is 12.1. The number of nitrogens with one attached hydrogen (secondary N) is 2. The molecule has 0 heterocycles. The number of carbonyl (C=O) groups is 1. The lowest BCUT2D eigenvalue weighted by atomic mass is 9.96. The Balaban J connectivity index is 2.21. The van der Waals surface area contributed by atoms with Gasteiger partial charge in [-0.1, -0.05) is 19.3 Å². The van der Waals surface area contributed by atoms with Gasteiger partial charge in [0, 0.05) is 11.6 Å². The number of anilines is 1. The van der Waals surface area contributed by atoms with E-state index in [0.29, 0.717) is 0 Å². The van der Waals surface area contributed by atoms with Gasteiger partial charge in [0.15, 0.2) is 0 Å². The summed E-state index contributed by atoms with van der Waals surface area (Å²) in [7, 11) is 1.27. The van der Waals surface area contributed by atoms with Crippen LogP contribution in [0.2, 0.25) is 0 Å². The maximum atomic E-state index is 13.0. The smallest absolute Gasteiger partial charge is 0.416 e. The number of benzene rings is 1. The number of aliphatic hydroxyl groups excluding tert-OH is 1. The fourth-order valence-electron chi connectivity index (χ4n) is 2.89. The van der Waals surface area contributed by atoms with Crippen molar-refractivity contribution >= 4 is 11.7 Å². The first-order chi connectivity index (χ1) is 11.3. The van der Waals surface area contributed by atoms with Crippen molar-refractivity contribution in [3.63, 3.8) is 0 Å². The number of amides is 2. The molecule has 5 nitrogen and oxygen atoms in total. The van der Waals surface area contributed by atoms with Crippen LogP contribution in [0.15, 0.2) is 12.1 Å². The highest BCUT2D eigenvalue weighted by atomic mass is 19.4. The molecule has 1 aliphatic rings. The van der Waals surface area contributed by atoms with E-state index in [0.717, 1.165) is 44.2 Å². The molecule has 0 unspecified atom stereocenters. The molecule has 2 rings (SSSR count). The molecule has 0 spiro atoms. The van der Waals surface area contributed by atoms with Gasteiger partial charge >= 0.3 is 12.2 Å². The Morgan fingerprint density at radius 2 is 1.96 bits per heavy atom. The SMILES string of the molecule is COc1c(CO)cc(C(F)(F)F)cc1NC(=O)NC1CCCCC1. The van der Waals surface area contributed by atoms with Crippen LogP contribution in [-0.2, 0) is 12.8 Å². The number of methoxy groups -OCH3 is 1. The highest BCUT2D eigenvalue weighted by Crippen LogP contribution is 2.38. The molecule has 1 saturated carbocycles. The molecule has 0 aromatic heterocycles. The van der Waals surface area contributed by atoms with Crippen molar-refractivity contribution in [1.82, 2.24) is 5.32 Å². The summed E-state index contributed by atoms with van der Waals surface area (Å²) < 4.78 is 44.0. The topological polar surface area (TPSA) is 70.6 Å². The number of ether oxygens (including phenoxy) is 1. The number of urea groups is 1. The zero-order valence-electron chi connectivity index (χ0n) is 13.4. The Morgan fingerprint density at radius 3 is 2.50 bits per heavy atom. The van der Waals surface area contributed by atoms with E-state index in [1.54, 1.807) is 0 Å². The van der Waals surface area contributed by atoms with Gasteiger partial charge in [-0.05, 0) is 25.0 Å². The number of rotatable bonds is 4. The van der Waals surface area contributed by atoms with Gasteiger partial charge < -0.3 is 20.5 Å². The number of hydrogen-bond donors (Lipinski definition) is 3. The summed E-state index contributed by atoms with van der Waals surface area (Å²) >= 11 is 0. The molecular weight excluding hydrogens is 325 g/mol. The van der Waals surface area contributed by atoms with Crippen LogP contribution >= 0.6 is 0 Å². The Hall–Kier alpha value is -1.96. The van der Waals surface area contributed by atoms with E-state index in [2.05, 4.69) is 10.6 Å². The first-order valence-corrected chi connectivity index (χ1v) is 7.81. The number of alkyl halides is 3. The molecule has 1 aliphatic carbocycles. The molecule has 1 aromatic carbocycles. The monoisotopic (exact) mass is 346 g/mol. The van der Waals surface area contributed by atoms with Crippen LogP contribution in [0, 0.1) is 0 Å². The van der Waals surface area contributed by atoms with Crippen LogP contribution in [-0.4, -0.2) is 24.3 Å². The largest absolute Gasteiger partial charge is 0.494 e. The van der Waals surface area contributed by atoms with Gasteiger partial charge in [-0.3, -0.25) is 0 Å². The molecule has 24 heavy (non-hydrogen) atoms. The normalized spacial score (nSPS) is 15.9. The third-order valence-corrected chi connectivity index (χ3v) is 4.06. The van der Waals surface area contributed by atoms with Crippen molar-refractivity contribution in [3.05, 3.63) is 23.3 Å². The van der Waals surface area contributed by atoms with Crippen molar-refractivity contribution in [2.45, 2.75) is 50.9 Å². The number of aliphatic hydroxyl groups is 1. The van der Waals surface area contributed by atoms with Crippen LogP contribution in [0.25, 0.3) is 0 Å². The fourth-order valence-corrected chi connectivity index (χ4v) is 2.89. The van der Waals surface area contributed by atoms with Gasteiger partial charge in [0.05, 0.1) is 25.0 Å². The van der Waals surface area contributed by atoms with E-state index in [9.17, 15) is 23.1 Å². The highest BCUT2D eigenvalue weighted by Gasteiger charge is 2.32. The zero-order chi connectivity index (χ0) is 17.7. The average molecular weight is 346 g/mol. The summed E-state index contributed by atoms with van der Waals surface area (Å²) in [6, 6.07) is 1.05. The Bertz CT molecular complexity index is 585. The van der Waals surface area contributed by atoms with Gasteiger partial charge in [0.25, 0.3) is 0 Å². The maximum absolute atomic E-state index is 13.0. The number of carbonyl (C=O) groups excluding carboxylic acids is 1. The summed E-state index contributed by atoms with van der Waals surface area (Å²) in [5.74, 6) is 0.0179. The van der Waals surface area contributed by atoms with E-state index in [1.165, 1.54) is 7.11 Å². The van der Waals surface area contributed by atoms with Crippen LogP contribution in [0.5, 0.6) is 5.75 Å². The van der Waals surface area contributed by atoms with E-state index >= 15 is 0 Å². The molecule has 0 bridgehead atoms. The summed E-state index contributed by atoms with van der Waals surface area (Å²) in [6.07, 6.45) is 0.288. The first kappa shape index (κ1) is 18.4. The average Bonchev–Trinajstić information content (AvgIpc) is 2.54. The predicted octanol–water partition coefficient (Wildman–Crippen LogP) is 3.66. The molecule has 0 aliphatic heterocycles. The summed E-state index contributed by atoms with van der Waals surface area (Å²) in [5.41, 5.74) is -1.12. The maximum Gasteiger partial charge on any atom is 0.416 e. The number of halogens is 3. The third kappa shape index (κ3) is 4.53. The van der Waals surface area contributed by atoms with Gasteiger partial charge in [0.1, 0.15) is 5.75 Å². The Morgan fingerprint density at radius 1 is 1.29 bits per heavy atom. The molecule has 1 aromatic rings. The number of hydrogen-bond acceptors (Lipinski definition) is 3. The van der Waals surface area contributed by atoms with Gasteiger partial charge in [-0.15, -0.1) is 0 Å². The van der Waals surface area contributed by atoms with E-state index in [4.69, 9.17) is 4.74 Å². The van der Waals surface area contributed by atoms with Gasteiger partial charge in [-0.2, -0.15) is 13.2 Å². The molecule has 8 heteroatoms.